The van der Waals surface area contributed by atoms with Gasteiger partial charge in [-0.05, 0) is 18.6 Å². The van der Waals surface area contributed by atoms with Gasteiger partial charge < -0.3 is 4.74 Å². The van der Waals surface area contributed by atoms with Gasteiger partial charge >= 0.3 is 0 Å². The number of hydrogen-bond donors (Lipinski definition) is 0. The van der Waals surface area contributed by atoms with Crippen LogP contribution in [0.5, 0.6) is 5.75 Å². The zero-order valence-corrected chi connectivity index (χ0v) is 10.4. The second-order valence-corrected chi connectivity index (χ2v) is 5.43. The molecule has 2 rings (SSSR count). The van der Waals surface area contributed by atoms with Crippen molar-refractivity contribution in [3.05, 3.63) is 24.3 Å². The molecule has 5 nitrogen and oxygen atoms in total. The first-order valence-corrected chi connectivity index (χ1v) is 7.12. The Kier molecular flexibility index (Phi) is 3.54. The average Bonchev–Trinajstić information content (AvgIpc) is 2.29. The third-order valence-electron chi connectivity index (χ3n) is 2.34. The molecule has 6 heteroatoms. The number of benzene rings is 1. The molecule has 94 valence electrons. The molecule has 17 heavy (non-hydrogen) atoms. The monoisotopic (exact) mass is 257 g/mol. The molecule has 1 aromatic rings. The summed E-state index contributed by atoms with van der Waals surface area (Å²) in [7, 11) is -3.50. The topological polar surface area (TPSA) is 55.8 Å². The van der Waals surface area contributed by atoms with E-state index in [0.29, 0.717) is 31.0 Å². The highest BCUT2D eigenvalue weighted by atomic mass is 32.2. The van der Waals surface area contributed by atoms with Crippen LogP contribution in [0.1, 0.15) is 13.3 Å². The summed E-state index contributed by atoms with van der Waals surface area (Å²) in [6.45, 7) is 2.62. The summed E-state index contributed by atoms with van der Waals surface area (Å²) in [5, 5.41) is 1.38. The molecule has 0 aromatic heterocycles. The molecular weight excluding hydrogens is 242 g/mol. The van der Waals surface area contributed by atoms with Crippen LogP contribution in [0.3, 0.4) is 0 Å². The third-order valence-corrected chi connectivity index (χ3v) is 3.66. The summed E-state index contributed by atoms with van der Waals surface area (Å²) in [6.07, 6.45) is 0.536. The molecule has 0 radical (unpaired) electrons. The van der Waals surface area contributed by atoms with Gasteiger partial charge in [-0.2, -0.15) is 8.42 Å². The molecule has 0 N–H and O–H groups in total. The normalized spacial score (nSPS) is 15.2. The molecule has 0 amide bonds. The van der Waals surface area contributed by atoms with E-state index in [0.717, 1.165) is 0 Å². The highest BCUT2D eigenvalue weighted by Crippen LogP contribution is 2.31. The van der Waals surface area contributed by atoms with Crippen LogP contribution in [0.2, 0.25) is 0 Å². The number of fused-ring (bicyclic) bond motifs is 1. The van der Waals surface area contributed by atoms with E-state index in [4.69, 9.17) is 9.02 Å². The molecular formula is C11H15NO4S. The van der Waals surface area contributed by atoms with E-state index in [1.54, 1.807) is 19.1 Å². The zero-order valence-electron chi connectivity index (χ0n) is 9.63. The first-order chi connectivity index (χ1) is 8.12. The molecule has 1 aliphatic rings. The first kappa shape index (κ1) is 12.2. The number of nitrogens with zero attached hydrogens (tertiary/aromatic N) is 1. The van der Waals surface area contributed by atoms with Crippen molar-refractivity contribution in [2.24, 2.45) is 0 Å². The number of ether oxygens (including phenoxy) is 1. The molecule has 0 atom stereocenters. The Morgan fingerprint density at radius 1 is 1.41 bits per heavy atom. The molecule has 1 heterocycles. The molecule has 0 unspecified atom stereocenters. The maximum absolute atomic E-state index is 11.6. The Morgan fingerprint density at radius 2 is 2.18 bits per heavy atom. The smallest absolute Gasteiger partial charge is 0.288 e. The maximum Gasteiger partial charge on any atom is 0.288 e. The van der Waals surface area contributed by atoms with Crippen molar-refractivity contribution >= 4 is 15.8 Å². The van der Waals surface area contributed by atoms with E-state index in [9.17, 15) is 8.42 Å². The van der Waals surface area contributed by atoms with Crippen molar-refractivity contribution in [2.45, 2.75) is 13.3 Å². The second kappa shape index (κ2) is 4.93. The van der Waals surface area contributed by atoms with Crippen LogP contribution in [0, 0.1) is 0 Å². The van der Waals surface area contributed by atoms with Crippen LogP contribution < -0.4 is 9.80 Å². The fourth-order valence-electron chi connectivity index (χ4n) is 1.65. The summed E-state index contributed by atoms with van der Waals surface area (Å²) in [5.74, 6) is 0.664. The molecule has 0 spiro atoms. The highest BCUT2D eigenvalue weighted by molar-refractivity contribution is 7.86. The van der Waals surface area contributed by atoms with Crippen LogP contribution >= 0.6 is 0 Å². The van der Waals surface area contributed by atoms with E-state index >= 15 is 0 Å². The summed E-state index contributed by atoms with van der Waals surface area (Å²) < 4.78 is 33.7. The molecule has 0 saturated heterocycles. The molecule has 1 aromatic carbocycles. The Balaban J connectivity index is 2.19. The lowest BCUT2D eigenvalue weighted by atomic mass is 10.2. The Hall–Kier alpha value is -1.27. The Bertz CT molecular complexity index is 486. The van der Waals surface area contributed by atoms with Crippen molar-refractivity contribution in [1.29, 1.82) is 0 Å². The summed E-state index contributed by atoms with van der Waals surface area (Å²) in [6, 6.07) is 7.21. The SMILES string of the molecule is CCCS(=O)(=O)ON1CCOc2ccccc21. The third kappa shape index (κ3) is 2.89. The van der Waals surface area contributed by atoms with Gasteiger partial charge in [0, 0.05) is 0 Å². The minimum absolute atomic E-state index is 0.0204. The highest BCUT2D eigenvalue weighted by Gasteiger charge is 2.23. The van der Waals surface area contributed by atoms with Crippen LogP contribution in [0.15, 0.2) is 24.3 Å². The van der Waals surface area contributed by atoms with Gasteiger partial charge in [0.2, 0.25) is 0 Å². The van der Waals surface area contributed by atoms with E-state index in [2.05, 4.69) is 0 Å². The number of rotatable bonds is 4. The van der Waals surface area contributed by atoms with Crippen LogP contribution in [0.4, 0.5) is 5.69 Å². The molecule has 1 aliphatic heterocycles. The van der Waals surface area contributed by atoms with Gasteiger partial charge in [0.25, 0.3) is 10.1 Å². The van der Waals surface area contributed by atoms with Gasteiger partial charge in [0.1, 0.15) is 18.0 Å². The fraction of sp³-hybridized carbons (Fsp3) is 0.455. The summed E-state index contributed by atoms with van der Waals surface area (Å²) in [4.78, 5) is 0. The van der Waals surface area contributed by atoms with Crippen LogP contribution in [-0.4, -0.2) is 27.3 Å². The lowest BCUT2D eigenvalue weighted by molar-refractivity contribution is 0.217. The summed E-state index contributed by atoms with van der Waals surface area (Å²) in [5.41, 5.74) is 0.651. The largest absolute Gasteiger partial charge is 0.489 e. The second-order valence-electron chi connectivity index (χ2n) is 3.75. The quantitative estimate of drug-likeness (QED) is 0.819. The molecule has 0 fully saturated rings. The van der Waals surface area contributed by atoms with Crippen molar-refractivity contribution in [1.82, 2.24) is 0 Å². The fourth-order valence-corrected chi connectivity index (χ4v) is 2.65. The van der Waals surface area contributed by atoms with Gasteiger partial charge in [-0.1, -0.05) is 19.1 Å². The van der Waals surface area contributed by atoms with E-state index in [1.165, 1.54) is 5.06 Å². The number of para-hydroxylation sites is 2. The zero-order chi connectivity index (χ0) is 12.3. The predicted octanol–water partition coefficient (Wildman–Crippen LogP) is 1.56. The van der Waals surface area contributed by atoms with Gasteiger partial charge in [-0.15, -0.1) is 4.28 Å². The number of anilines is 1. The number of hydroxylamine groups is 1. The van der Waals surface area contributed by atoms with Crippen molar-refractivity contribution in [3.8, 4) is 5.75 Å². The van der Waals surface area contributed by atoms with E-state index in [1.807, 2.05) is 12.1 Å². The maximum atomic E-state index is 11.6. The number of hydrogen-bond acceptors (Lipinski definition) is 5. The Labute approximate surface area is 101 Å². The van der Waals surface area contributed by atoms with E-state index in [-0.39, 0.29) is 5.75 Å². The van der Waals surface area contributed by atoms with Gasteiger partial charge in [0.05, 0.1) is 12.3 Å². The minimum atomic E-state index is -3.50. The van der Waals surface area contributed by atoms with Crippen molar-refractivity contribution < 1.29 is 17.4 Å². The van der Waals surface area contributed by atoms with Gasteiger partial charge in [-0.3, -0.25) is 0 Å². The van der Waals surface area contributed by atoms with Gasteiger partial charge in [0.15, 0.2) is 0 Å². The lowest BCUT2D eigenvalue weighted by Crippen LogP contribution is -2.35. The van der Waals surface area contributed by atoms with Gasteiger partial charge in [-0.25, -0.2) is 5.06 Å². The van der Waals surface area contributed by atoms with Crippen LogP contribution in [-0.2, 0) is 14.4 Å². The van der Waals surface area contributed by atoms with Crippen LogP contribution in [0.25, 0.3) is 0 Å². The minimum Gasteiger partial charge on any atom is -0.489 e. The van der Waals surface area contributed by atoms with Crippen molar-refractivity contribution in [3.63, 3.8) is 0 Å². The lowest BCUT2D eigenvalue weighted by Gasteiger charge is -2.28. The Morgan fingerprint density at radius 3 is 2.94 bits per heavy atom. The standard InChI is InChI=1S/C11H15NO4S/c1-2-9-17(13,14)16-12-7-8-15-11-6-4-3-5-10(11)12/h3-6H,2,7-9H2,1H3. The average molecular weight is 257 g/mol. The summed E-state index contributed by atoms with van der Waals surface area (Å²) >= 11 is 0. The molecule has 0 aliphatic carbocycles. The van der Waals surface area contributed by atoms with E-state index < -0.39 is 10.1 Å². The first-order valence-electron chi connectivity index (χ1n) is 5.54. The molecule has 0 saturated carbocycles. The predicted molar refractivity (Wildman–Crippen MR) is 64.4 cm³/mol. The molecule has 0 bridgehead atoms. The van der Waals surface area contributed by atoms with Crippen molar-refractivity contribution in [2.75, 3.05) is 24.0 Å².